The third kappa shape index (κ3) is 5.43. The Kier molecular flexibility index (Phi) is 7.18. The summed E-state index contributed by atoms with van der Waals surface area (Å²) >= 11 is 7.39. The predicted octanol–water partition coefficient (Wildman–Crippen LogP) is 4.33. The van der Waals surface area contributed by atoms with Gasteiger partial charge in [0.05, 0.1) is 28.7 Å². The molecule has 1 N–H and O–H groups in total. The molecule has 0 fully saturated rings. The van der Waals surface area contributed by atoms with Crippen LogP contribution in [0.25, 0.3) is 5.69 Å². The molecule has 156 valence electrons. The molecule has 0 radical (unpaired) electrons. The average molecular weight is 443 g/mol. The van der Waals surface area contributed by atoms with Gasteiger partial charge in [0.15, 0.2) is 5.16 Å². The van der Waals surface area contributed by atoms with Crippen molar-refractivity contribution in [2.45, 2.75) is 19.0 Å². The fourth-order valence-corrected chi connectivity index (χ4v) is 3.94. The minimum Gasteiger partial charge on any atom is -0.336 e. The maximum atomic E-state index is 12.5. The largest absolute Gasteiger partial charge is 0.336 e. The summed E-state index contributed by atoms with van der Waals surface area (Å²) in [5.74, 6) is -0.289. The van der Waals surface area contributed by atoms with Gasteiger partial charge in [-0.15, -0.1) is 0 Å². The van der Waals surface area contributed by atoms with Crippen molar-refractivity contribution in [2.24, 2.45) is 0 Å². The number of nitrogens with zero attached hydrogens (tertiary/aromatic N) is 3. The first-order chi connectivity index (χ1) is 14.3. The van der Waals surface area contributed by atoms with E-state index >= 15 is 0 Å². The minimum atomic E-state index is -0.305. The fraction of sp³-hybridized carbons (Fsp3) is 0.227. The molecule has 0 aliphatic carbocycles. The average Bonchev–Trinajstić information content (AvgIpc) is 3.18. The maximum Gasteiger partial charge on any atom is 0.244 e. The molecule has 3 aromatic rings. The molecule has 0 atom stereocenters. The van der Waals surface area contributed by atoms with Crippen molar-refractivity contribution in [1.29, 1.82) is 0 Å². The highest BCUT2D eigenvalue weighted by molar-refractivity contribution is 7.99. The zero-order chi connectivity index (χ0) is 21.7. The van der Waals surface area contributed by atoms with Crippen molar-refractivity contribution >= 4 is 40.9 Å². The number of aryl methyl sites for hydroxylation is 2. The van der Waals surface area contributed by atoms with E-state index in [-0.39, 0.29) is 24.1 Å². The van der Waals surface area contributed by atoms with Crippen molar-refractivity contribution in [2.75, 3.05) is 24.7 Å². The Labute approximate surface area is 185 Å². The number of amides is 2. The number of imidazole rings is 1. The van der Waals surface area contributed by atoms with Crippen molar-refractivity contribution < 1.29 is 9.59 Å². The van der Waals surface area contributed by atoms with Gasteiger partial charge in [-0.05, 0) is 43.2 Å². The van der Waals surface area contributed by atoms with E-state index in [0.717, 1.165) is 22.0 Å². The van der Waals surface area contributed by atoms with Gasteiger partial charge in [0.1, 0.15) is 0 Å². The van der Waals surface area contributed by atoms with Crippen LogP contribution in [0.3, 0.4) is 0 Å². The third-order valence-corrected chi connectivity index (χ3v) is 5.79. The first-order valence-electron chi connectivity index (χ1n) is 9.37. The standard InChI is InChI=1S/C22H23ClN4O2S/c1-15-8-9-16(2)19(12-15)27-11-10-24-22(27)30-14-21(29)26(3)13-20(28)25-18-7-5-4-6-17(18)23/h4-12H,13-14H2,1-3H3,(H,25,28). The SMILES string of the molecule is Cc1ccc(C)c(-n2ccnc2SCC(=O)N(C)CC(=O)Nc2ccccc2Cl)c1. The first-order valence-corrected chi connectivity index (χ1v) is 10.7. The van der Waals surface area contributed by atoms with Gasteiger partial charge in [0.2, 0.25) is 11.8 Å². The van der Waals surface area contributed by atoms with E-state index in [9.17, 15) is 9.59 Å². The molecule has 30 heavy (non-hydrogen) atoms. The van der Waals surface area contributed by atoms with E-state index in [2.05, 4.69) is 28.5 Å². The lowest BCUT2D eigenvalue weighted by Crippen LogP contribution is -2.36. The van der Waals surface area contributed by atoms with E-state index in [1.165, 1.54) is 16.7 Å². The summed E-state index contributed by atoms with van der Waals surface area (Å²) < 4.78 is 1.98. The van der Waals surface area contributed by atoms with Gasteiger partial charge in [-0.2, -0.15) is 0 Å². The number of anilines is 1. The highest BCUT2D eigenvalue weighted by Gasteiger charge is 2.16. The Morgan fingerprint density at radius 3 is 2.73 bits per heavy atom. The number of thioether (sulfide) groups is 1. The first kappa shape index (κ1) is 21.9. The van der Waals surface area contributed by atoms with Gasteiger partial charge in [0.25, 0.3) is 0 Å². The summed E-state index contributed by atoms with van der Waals surface area (Å²) in [6.07, 6.45) is 3.60. The number of carbonyl (C=O) groups is 2. The van der Waals surface area contributed by atoms with Gasteiger partial charge >= 0.3 is 0 Å². The third-order valence-electron chi connectivity index (χ3n) is 4.51. The van der Waals surface area contributed by atoms with Crippen LogP contribution in [0.1, 0.15) is 11.1 Å². The van der Waals surface area contributed by atoms with Crippen LogP contribution in [0.2, 0.25) is 5.02 Å². The number of likely N-dealkylation sites (N-methyl/N-ethyl adjacent to an activating group) is 1. The second-order valence-electron chi connectivity index (χ2n) is 6.94. The van der Waals surface area contributed by atoms with Crippen LogP contribution in [0.15, 0.2) is 60.0 Å². The molecule has 0 aliphatic rings. The number of aromatic nitrogens is 2. The summed E-state index contributed by atoms with van der Waals surface area (Å²) in [5, 5.41) is 3.90. The van der Waals surface area contributed by atoms with E-state index in [1.807, 2.05) is 24.6 Å². The molecule has 0 spiro atoms. The van der Waals surface area contributed by atoms with Crippen LogP contribution in [0, 0.1) is 13.8 Å². The molecule has 0 aliphatic heterocycles. The summed E-state index contributed by atoms with van der Waals surface area (Å²) in [7, 11) is 1.60. The maximum absolute atomic E-state index is 12.5. The molecule has 8 heteroatoms. The van der Waals surface area contributed by atoms with Crippen LogP contribution in [0.4, 0.5) is 5.69 Å². The van der Waals surface area contributed by atoms with Gasteiger partial charge < -0.3 is 10.2 Å². The number of carbonyl (C=O) groups excluding carboxylic acids is 2. The van der Waals surface area contributed by atoms with Gasteiger partial charge in [-0.3, -0.25) is 14.2 Å². The quantitative estimate of drug-likeness (QED) is 0.553. The lowest BCUT2D eigenvalue weighted by atomic mass is 10.1. The van der Waals surface area contributed by atoms with Gasteiger partial charge in [-0.25, -0.2) is 4.98 Å². The summed E-state index contributed by atoms with van der Waals surface area (Å²) in [6, 6.07) is 13.2. The van der Waals surface area contributed by atoms with Crippen LogP contribution >= 0.6 is 23.4 Å². The lowest BCUT2D eigenvalue weighted by Gasteiger charge is -2.17. The van der Waals surface area contributed by atoms with Gasteiger partial charge in [-0.1, -0.05) is 47.6 Å². The summed E-state index contributed by atoms with van der Waals surface area (Å²) in [5.41, 5.74) is 3.84. The Morgan fingerprint density at radius 1 is 1.20 bits per heavy atom. The van der Waals surface area contributed by atoms with E-state index < -0.39 is 0 Å². The topological polar surface area (TPSA) is 67.2 Å². The molecular weight excluding hydrogens is 420 g/mol. The number of hydrogen-bond acceptors (Lipinski definition) is 4. The molecule has 0 unspecified atom stereocenters. The van der Waals surface area contributed by atoms with Crippen molar-refractivity contribution in [1.82, 2.24) is 14.5 Å². The Bertz CT molecular complexity index is 1070. The summed E-state index contributed by atoms with van der Waals surface area (Å²) in [4.78, 5) is 30.5. The number of benzene rings is 2. The predicted molar refractivity (Wildman–Crippen MR) is 121 cm³/mol. The monoisotopic (exact) mass is 442 g/mol. The lowest BCUT2D eigenvalue weighted by molar-refractivity contribution is -0.131. The molecule has 0 bridgehead atoms. The number of hydrogen-bond donors (Lipinski definition) is 1. The fourth-order valence-electron chi connectivity index (χ4n) is 2.85. The molecule has 1 aromatic heterocycles. The molecule has 2 aromatic carbocycles. The van der Waals surface area contributed by atoms with E-state index in [4.69, 9.17) is 11.6 Å². The Balaban J connectivity index is 1.58. The number of rotatable bonds is 7. The van der Waals surface area contributed by atoms with E-state index in [0.29, 0.717) is 10.7 Å². The number of para-hydroxylation sites is 1. The normalized spacial score (nSPS) is 10.7. The van der Waals surface area contributed by atoms with Crippen molar-refractivity contribution in [3.8, 4) is 5.69 Å². The Hall–Kier alpha value is -2.77. The molecule has 0 saturated carbocycles. The van der Waals surface area contributed by atoms with Gasteiger partial charge in [0, 0.05) is 19.4 Å². The second kappa shape index (κ2) is 9.82. The highest BCUT2D eigenvalue weighted by Crippen LogP contribution is 2.24. The van der Waals surface area contributed by atoms with E-state index in [1.54, 1.807) is 37.5 Å². The number of nitrogens with one attached hydrogen (secondary N) is 1. The zero-order valence-corrected chi connectivity index (χ0v) is 18.6. The highest BCUT2D eigenvalue weighted by atomic mass is 35.5. The van der Waals surface area contributed by atoms with Crippen LogP contribution in [-0.2, 0) is 9.59 Å². The second-order valence-corrected chi connectivity index (χ2v) is 8.29. The molecule has 6 nitrogen and oxygen atoms in total. The van der Waals surface area contributed by atoms with Crippen LogP contribution in [0.5, 0.6) is 0 Å². The molecular formula is C22H23ClN4O2S. The van der Waals surface area contributed by atoms with Crippen molar-refractivity contribution in [3.05, 3.63) is 71.0 Å². The molecule has 3 rings (SSSR count). The zero-order valence-electron chi connectivity index (χ0n) is 17.1. The van der Waals surface area contributed by atoms with Crippen molar-refractivity contribution in [3.63, 3.8) is 0 Å². The Morgan fingerprint density at radius 2 is 1.97 bits per heavy atom. The molecule has 2 amide bonds. The molecule has 0 saturated heterocycles. The van der Waals surface area contributed by atoms with Crippen LogP contribution in [-0.4, -0.2) is 45.6 Å². The molecule has 1 heterocycles. The number of halogens is 1. The smallest absolute Gasteiger partial charge is 0.244 e. The minimum absolute atomic E-state index is 0.0595. The summed E-state index contributed by atoms with van der Waals surface area (Å²) in [6.45, 7) is 4.02. The van der Waals surface area contributed by atoms with Crippen LogP contribution < -0.4 is 5.32 Å².